The number of benzene rings is 2. The molecule has 0 aliphatic heterocycles. The van der Waals surface area contributed by atoms with Gasteiger partial charge in [-0.3, -0.25) is 14.9 Å². The molecule has 0 bridgehead atoms. The van der Waals surface area contributed by atoms with Crippen LogP contribution in [0.3, 0.4) is 0 Å². The molecule has 10 heteroatoms. The monoisotopic (exact) mass is 431 g/mol. The topological polar surface area (TPSA) is 103 Å². The number of nitro groups is 1. The van der Waals surface area contributed by atoms with Crippen molar-refractivity contribution in [2.24, 2.45) is 0 Å². The molecule has 0 atom stereocenters. The molecule has 3 aromatic rings. The molecule has 2 aromatic carbocycles. The van der Waals surface area contributed by atoms with E-state index in [2.05, 4.69) is 15.5 Å². The third-order valence-electron chi connectivity index (χ3n) is 4.11. The predicted octanol–water partition coefficient (Wildman–Crippen LogP) is 4.57. The Labute approximate surface area is 176 Å². The molecule has 0 unspecified atom stereocenters. The Morgan fingerprint density at radius 3 is 2.62 bits per heavy atom. The van der Waals surface area contributed by atoms with Gasteiger partial charge < -0.3 is 9.88 Å². The van der Waals surface area contributed by atoms with Crippen LogP contribution in [-0.2, 0) is 11.3 Å². The van der Waals surface area contributed by atoms with Gasteiger partial charge >= 0.3 is 0 Å². The molecule has 1 heterocycles. The summed E-state index contributed by atoms with van der Waals surface area (Å²) in [4.78, 5) is 22.9. The van der Waals surface area contributed by atoms with Crippen LogP contribution < -0.4 is 5.32 Å². The molecule has 3 rings (SSSR count). The normalized spacial score (nSPS) is 10.7. The number of carbonyl (C=O) groups excluding carboxylic acids is 1. The third kappa shape index (κ3) is 4.93. The van der Waals surface area contributed by atoms with E-state index in [0.29, 0.717) is 11.7 Å². The molecule has 0 fully saturated rings. The summed E-state index contributed by atoms with van der Waals surface area (Å²) in [7, 11) is 0. The van der Waals surface area contributed by atoms with Crippen molar-refractivity contribution in [3.05, 3.63) is 63.2 Å². The van der Waals surface area contributed by atoms with Crippen molar-refractivity contribution in [3.63, 3.8) is 0 Å². The average molecular weight is 432 g/mol. The van der Waals surface area contributed by atoms with Gasteiger partial charge in [0, 0.05) is 23.2 Å². The van der Waals surface area contributed by atoms with E-state index in [0.717, 1.165) is 17.0 Å². The first-order chi connectivity index (χ1) is 13.9. The van der Waals surface area contributed by atoms with Crippen LogP contribution >= 0.6 is 23.4 Å². The van der Waals surface area contributed by atoms with Crippen LogP contribution in [0.5, 0.6) is 0 Å². The lowest BCUT2D eigenvalue weighted by atomic mass is 10.1. The number of aromatic nitrogens is 3. The summed E-state index contributed by atoms with van der Waals surface area (Å²) in [6, 6.07) is 12.1. The number of hydrogen-bond acceptors (Lipinski definition) is 6. The first kappa shape index (κ1) is 20.8. The zero-order valence-electron chi connectivity index (χ0n) is 15.8. The number of aryl methyl sites for hydroxylation is 1. The van der Waals surface area contributed by atoms with Crippen molar-refractivity contribution in [2.45, 2.75) is 25.5 Å². The Balaban J connectivity index is 1.71. The van der Waals surface area contributed by atoms with Crippen LogP contribution in [0.4, 0.5) is 11.4 Å². The van der Waals surface area contributed by atoms with Crippen LogP contribution in [-0.4, -0.2) is 31.3 Å². The van der Waals surface area contributed by atoms with E-state index >= 15 is 0 Å². The maximum absolute atomic E-state index is 12.3. The molecule has 0 aliphatic rings. The fourth-order valence-corrected chi connectivity index (χ4v) is 3.64. The molecule has 1 aromatic heterocycles. The molecular formula is C19H18ClN5O3S. The number of nitrogens with one attached hydrogen (secondary N) is 1. The Kier molecular flexibility index (Phi) is 6.50. The summed E-state index contributed by atoms with van der Waals surface area (Å²) in [5.41, 5.74) is 1.94. The van der Waals surface area contributed by atoms with Crippen molar-refractivity contribution in [2.75, 3.05) is 11.1 Å². The SMILES string of the molecule is CCn1c(SCC(=O)Nc2ccc(Cl)cc2[N+](=O)[O-])nnc1-c1ccc(C)cc1. The molecule has 8 nitrogen and oxygen atoms in total. The summed E-state index contributed by atoms with van der Waals surface area (Å²) in [6.07, 6.45) is 0. The molecule has 29 heavy (non-hydrogen) atoms. The van der Waals surface area contributed by atoms with Crippen LogP contribution in [0, 0.1) is 17.0 Å². The van der Waals surface area contributed by atoms with Gasteiger partial charge in [0.2, 0.25) is 5.91 Å². The van der Waals surface area contributed by atoms with Crippen molar-refractivity contribution in [1.29, 1.82) is 0 Å². The summed E-state index contributed by atoms with van der Waals surface area (Å²) >= 11 is 7.01. The number of thioether (sulfide) groups is 1. The highest BCUT2D eigenvalue weighted by Gasteiger charge is 2.18. The van der Waals surface area contributed by atoms with Crippen LogP contribution in [0.15, 0.2) is 47.6 Å². The average Bonchev–Trinajstić information content (AvgIpc) is 3.11. The number of nitrogens with zero attached hydrogens (tertiary/aromatic N) is 4. The standard InChI is InChI=1S/C19H18ClN5O3S/c1-3-24-18(13-6-4-12(2)5-7-13)22-23-19(24)29-11-17(26)21-15-9-8-14(20)10-16(15)25(27)28/h4-10H,3,11H2,1-2H3,(H,21,26). The minimum Gasteiger partial charge on any atom is -0.320 e. The first-order valence-electron chi connectivity index (χ1n) is 8.76. The zero-order chi connectivity index (χ0) is 21.0. The maximum atomic E-state index is 12.3. The Bertz CT molecular complexity index is 1050. The molecule has 0 spiro atoms. The lowest BCUT2D eigenvalue weighted by molar-refractivity contribution is -0.383. The van der Waals surface area contributed by atoms with E-state index in [1.165, 1.54) is 30.0 Å². The Hall–Kier alpha value is -2.91. The molecular weight excluding hydrogens is 414 g/mol. The molecule has 0 saturated carbocycles. The van der Waals surface area contributed by atoms with E-state index in [4.69, 9.17) is 11.6 Å². The smallest absolute Gasteiger partial charge is 0.294 e. The van der Waals surface area contributed by atoms with Gasteiger partial charge in [-0.05, 0) is 26.0 Å². The van der Waals surface area contributed by atoms with E-state index in [9.17, 15) is 14.9 Å². The second-order valence-corrected chi connectivity index (χ2v) is 7.55. The summed E-state index contributed by atoms with van der Waals surface area (Å²) in [5.74, 6) is 0.373. The maximum Gasteiger partial charge on any atom is 0.294 e. The number of amides is 1. The minimum absolute atomic E-state index is 0.0335. The van der Waals surface area contributed by atoms with E-state index in [1.54, 1.807) is 0 Å². The van der Waals surface area contributed by atoms with Gasteiger partial charge in [0.15, 0.2) is 11.0 Å². The Morgan fingerprint density at radius 2 is 1.97 bits per heavy atom. The summed E-state index contributed by atoms with van der Waals surface area (Å²) < 4.78 is 1.92. The molecule has 0 aliphatic carbocycles. The van der Waals surface area contributed by atoms with Gasteiger partial charge in [0.25, 0.3) is 5.69 Å². The largest absolute Gasteiger partial charge is 0.320 e. The highest BCUT2D eigenvalue weighted by Crippen LogP contribution is 2.28. The van der Waals surface area contributed by atoms with E-state index in [-0.39, 0.29) is 28.1 Å². The van der Waals surface area contributed by atoms with Gasteiger partial charge in [-0.1, -0.05) is 53.2 Å². The van der Waals surface area contributed by atoms with Crippen molar-refractivity contribution >= 4 is 40.6 Å². The van der Waals surface area contributed by atoms with Crippen molar-refractivity contribution < 1.29 is 9.72 Å². The molecule has 0 saturated heterocycles. The van der Waals surface area contributed by atoms with Gasteiger partial charge in [0.1, 0.15) is 5.69 Å². The zero-order valence-corrected chi connectivity index (χ0v) is 17.3. The first-order valence-corrected chi connectivity index (χ1v) is 10.1. The number of carbonyl (C=O) groups is 1. The molecule has 1 amide bonds. The van der Waals surface area contributed by atoms with Gasteiger partial charge in [0.05, 0.1) is 10.7 Å². The summed E-state index contributed by atoms with van der Waals surface area (Å²) in [5, 5.41) is 23.0. The van der Waals surface area contributed by atoms with Gasteiger partial charge in [-0.25, -0.2) is 0 Å². The number of rotatable bonds is 7. The quantitative estimate of drug-likeness (QED) is 0.334. The molecule has 0 radical (unpaired) electrons. The number of halogens is 1. The van der Waals surface area contributed by atoms with Gasteiger partial charge in [-0.2, -0.15) is 0 Å². The van der Waals surface area contributed by atoms with Gasteiger partial charge in [-0.15, -0.1) is 10.2 Å². The second-order valence-electron chi connectivity index (χ2n) is 6.17. The van der Waals surface area contributed by atoms with Crippen LogP contribution in [0.25, 0.3) is 11.4 Å². The lowest BCUT2D eigenvalue weighted by Crippen LogP contribution is -2.15. The fraction of sp³-hybridized carbons (Fsp3) is 0.211. The van der Waals surface area contributed by atoms with Crippen molar-refractivity contribution in [1.82, 2.24) is 14.8 Å². The highest BCUT2D eigenvalue weighted by atomic mass is 35.5. The third-order valence-corrected chi connectivity index (χ3v) is 5.31. The summed E-state index contributed by atoms with van der Waals surface area (Å²) in [6.45, 7) is 4.63. The number of nitro benzene ring substituents is 1. The van der Waals surface area contributed by atoms with Crippen LogP contribution in [0.1, 0.15) is 12.5 Å². The van der Waals surface area contributed by atoms with Crippen LogP contribution in [0.2, 0.25) is 5.02 Å². The Morgan fingerprint density at radius 1 is 1.24 bits per heavy atom. The minimum atomic E-state index is -0.587. The predicted molar refractivity (Wildman–Crippen MR) is 113 cm³/mol. The highest BCUT2D eigenvalue weighted by molar-refractivity contribution is 7.99. The molecule has 150 valence electrons. The van der Waals surface area contributed by atoms with E-state index in [1.807, 2.05) is 42.7 Å². The second kappa shape index (κ2) is 9.06. The van der Waals surface area contributed by atoms with E-state index < -0.39 is 4.92 Å². The van der Waals surface area contributed by atoms with Crippen molar-refractivity contribution in [3.8, 4) is 11.4 Å². The lowest BCUT2D eigenvalue weighted by Gasteiger charge is -2.08. The number of anilines is 1. The fourth-order valence-electron chi connectivity index (χ4n) is 2.67. The molecule has 1 N–H and O–H groups in total. The number of hydrogen-bond donors (Lipinski definition) is 1.